The van der Waals surface area contributed by atoms with Gasteiger partial charge in [0.05, 0.1) is 20.6 Å². The zero-order chi connectivity index (χ0) is 18.4. The van der Waals surface area contributed by atoms with E-state index in [2.05, 4.69) is 50.0 Å². The fraction of sp³-hybridized carbons (Fsp3) is 0.389. The van der Waals surface area contributed by atoms with E-state index < -0.39 is 0 Å². The number of aryl methyl sites for hydroxylation is 2. The van der Waals surface area contributed by atoms with Crippen LogP contribution >= 0.6 is 58.0 Å². The van der Waals surface area contributed by atoms with E-state index in [1.165, 1.54) is 14.6 Å². The van der Waals surface area contributed by atoms with Crippen molar-refractivity contribution in [3.8, 4) is 10.6 Å². The van der Waals surface area contributed by atoms with Crippen LogP contribution in [0.15, 0.2) is 28.7 Å². The van der Waals surface area contributed by atoms with Gasteiger partial charge in [0.25, 0.3) is 0 Å². The third-order valence-corrected chi connectivity index (χ3v) is 6.63. The molecule has 3 aromatic rings. The molecule has 0 saturated heterocycles. The molecule has 0 atom stereocenters. The number of hydrogen-bond donors (Lipinski definition) is 2. The molecule has 0 amide bonds. The second-order valence-corrected chi connectivity index (χ2v) is 9.36. The molecule has 0 aromatic carbocycles. The predicted octanol–water partition coefficient (Wildman–Crippen LogP) is 4.51. The van der Waals surface area contributed by atoms with Gasteiger partial charge in [0, 0.05) is 47.9 Å². The van der Waals surface area contributed by atoms with Gasteiger partial charge < -0.3 is 10.6 Å². The van der Waals surface area contributed by atoms with E-state index in [0.717, 1.165) is 47.6 Å². The van der Waals surface area contributed by atoms with Crippen molar-refractivity contribution in [2.75, 3.05) is 20.1 Å². The SMILES string of the molecule is CN=C(NCCc1ccc(-c2csc(C)n2)s1)NCCc1ncc(C)s1.I. The van der Waals surface area contributed by atoms with Crippen LogP contribution in [0.1, 0.15) is 19.8 Å². The first-order valence-corrected chi connectivity index (χ1v) is 11.0. The Morgan fingerprint density at radius 3 is 2.52 bits per heavy atom. The van der Waals surface area contributed by atoms with Gasteiger partial charge in [0.1, 0.15) is 0 Å². The second-order valence-electron chi connectivity index (χ2n) is 5.81. The number of rotatable bonds is 7. The lowest BCUT2D eigenvalue weighted by molar-refractivity contribution is 0.785. The average molecular weight is 534 g/mol. The smallest absolute Gasteiger partial charge is 0.191 e. The summed E-state index contributed by atoms with van der Waals surface area (Å²) in [5.41, 5.74) is 1.09. The Hall–Kier alpha value is -1.04. The maximum absolute atomic E-state index is 4.56. The zero-order valence-electron chi connectivity index (χ0n) is 15.6. The van der Waals surface area contributed by atoms with Crippen molar-refractivity contribution >= 4 is 63.9 Å². The van der Waals surface area contributed by atoms with Crippen LogP contribution < -0.4 is 10.6 Å². The fourth-order valence-corrected chi connectivity index (χ4v) is 4.90. The Balaban J connectivity index is 0.00000261. The highest BCUT2D eigenvalue weighted by Gasteiger charge is 2.06. The lowest BCUT2D eigenvalue weighted by Gasteiger charge is -2.10. The number of aliphatic imine (C=N–C) groups is 1. The summed E-state index contributed by atoms with van der Waals surface area (Å²) in [5.74, 6) is 0.838. The number of hydrogen-bond acceptors (Lipinski definition) is 6. The normalized spacial score (nSPS) is 11.3. The molecule has 0 aliphatic carbocycles. The summed E-state index contributed by atoms with van der Waals surface area (Å²) in [6.45, 7) is 5.81. The average Bonchev–Trinajstić information content (AvgIpc) is 3.35. The summed E-state index contributed by atoms with van der Waals surface area (Å²) < 4.78 is 0. The second kappa shape index (κ2) is 11.1. The monoisotopic (exact) mass is 533 g/mol. The first-order valence-electron chi connectivity index (χ1n) is 8.51. The van der Waals surface area contributed by atoms with Crippen molar-refractivity contribution < 1.29 is 0 Å². The third-order valence-electron chi connectivity index (χ3n) is 3.72. The zero-order valence-corrected chi connectivity index (χ0v) is 20.4. The maximum atomic E-state index is 4.56. The van der Waals surface area contributed by atoms with Gasteiger partial charge in [0.15, 0.2) is 5.96 Å². The summed E-state index contributed by atoms with van der Waals surface area (Å²) in [5, 5.41) is 11.1. The summed E-state index contributed by atoms with van der Waals surface area (Å²) >= 11 is 5.26. The molecule has 2 N–H and O–H groups in total. The molecule has 0 unspecified atom stereocenters. The van der Waals surface area contributed by atoms with E-state index in [0.29, 0.717) is 0 Å². The summed E-state index contributed by atoms with van der Waals surface area (Å²) in [7, 11) is 1.80. The molecular weight excluding hydrogens is 509 g/mol. The highest BCUT2D eigenvalue weighted by atomic mass is 127. The molecule has 0 spiro atoms. The molecule has 3 heterocycles. The third kappa shape index (κ3) is 6.81. The molecule has 9 heteroatoms. The molecule has 0 saturated carbocycles. The van der Waals surface area contributed by atoms with Crippen molar-refractivity contribution in [1.29, 1.82) is 0 Å². The van der Waals surface area contributed by atoms with Gasteiger partial charge in [-0.1, -0.05) is 0 Å². The molecule has 146 valence electrons. The number of thiazole rings is 2. The first kappa shape index (κ1) is 22.3. The van der Waals surface area contributed by atoms with Gasteiger partial charge in [-0.3, -0.25) is 4.99 Å². The number of thiophene rings is 1. The van der Waals surface area contributed by atoms with Gasteiger partial charge in [0.2, 0.25) is 0 Å². The Bertz CT molecular complexity index is 868. The van der Waals surface area contributed by atoms with Crippen LogP contribution in [0.4, 0.5) is 0 Å². The van der Waals surface area contributed by atoms with E-state index in [4.69, 9.17) is 0 Å². The van der Waals surface area contributed by atoms with Crippen LogP contribution in [0.25, 0.3) is 10.6 Å². The summed E-state index contributed by atoms with van der Waals surface area (Å²) in [6, 6.07) is 4.36. The first-order chi connectivity index (χ1) is 12.6. The Morgan fingerprint density at radius 2 is 1.89 bits per heavy atom. The van der Waals surface area contributed by atoms with Gasteiger partial charge in [-0.05, 0) is 32.4 Å². The fourth-order valence-electron chi connectivity index (χ4n) is 2.46. The number of nitrogens with one attached hydrogen (secondary N) is 2. The molecule has 0 radical (unpaired) electrons. The van der Waals surface area contributed by atoms with Crippen LogP contribution in [0.3, 0.4) is 0 Å². The standard InChI is InChI=1S/C18H23N5S3.HI/c1-12-10-22-17(25-12)7-9-21-18(19-3)20-8-6-14-4-5-16(26-14)15-11-24-13(2)23-15;/h4-5,10-11H,6-9H2,1-3H3,(H2,19,20,21);1H. The Kier molecular flexibility index (Phi) is 9.13. The van der Waals surface area contributed by atoms with Crippen LogP contribution in [-0.4, -0.2) is 36.1 Å². The highest BCUT2D eigenvalue weighted by molar-refractivity contribution is 14.0. The Morgan fingerprint density at radius 1 is 1.11 bits per heavy atom. The van der Waals surface area contributed by atoms with E-state index >= 15 is 0 Å². The molecule has 5 nitrogen and oxygen atoms in total. The lowest BCUT2D eigenvalue weighted by Crippen LogP contribution is -2.39. The number of nitrogens with zero attached hydrogens (tertiary/aromatic N) is 3. The van der Waals surface area contributed by atoms with Crippen molar-refractivity contribution in [3.05, 3.63) is 43.5 Å². The van der Waals surface area contributed by atoms with E-state index in [9.17, 15) is 0 Å². The number of guanidine groups is 1. The molecular formula is C18H24IN5S3. The molecule has 0 aliphatic heterocycles. The van der Waals surface area contributed by atoms with Crippen LogP contribution in [0.2, 0.25) is 0 Å². The van der Waals surface area contributed by atoms with Crippen molar-refractivity contribution in [2.45, 2.75) is 26.7 Å². The largest absolute Gasteiger partial charge is 0.356 e. The molecule has 0 aliphatic rings. The molecule has 3 aromatic heterocycles. The maximum Gasteiger partial charge on any atom is 0.191 e. The minimum atomic E-state index is 0. The molecule has 0 bridgehead atoms. The molecule has 27 heavy (non-hydrogen) atoms. The van der Waals surface area contributed by atoms with Crippen molar-refractivity contribution in [1.82, 2.24) is 20.6 Å². The summed E-state index contributed by atoms with van der Waals surface area (Å²) in [4.78, 5) is 17.1. The highest BCUT2D eigenvalue weighted by Crippen LogP contribution is 2.29. The van der Waals surface area contributed by atoms with Crippen LogP contribution in [-0.2, 0) is 12.8 Å². The van der Waals surface area contributed by atoms with E-state index in [1.807, 2.05) is 24.5 Å². The van der Waals surface area contributed by atoms with Crippen LogP contribution in [0.5, 0.6) is 0 Å². The predicted molar refractivity (Wildman–Crippen MR) is 129 cm³/mol. The van der Waals surface area contributed by atoms with Crippen LogP contribution in [0, 0.1) is 13.8 Å². The Labute approximate surface area is 189 Å². The van der Waals surface area contributed by atoms with Crippen molar-refractivity contribution in [3.63, 3.8) is 0 Å². The molecule has 0 fully saturated rings. The van der Waals surface area contributed by atoms with Gasteiger partial charge >= 0.3 is 0 Å². The number of halogens is 1. The molecule has 3 rings (SSSR count). The van der Waals surface area contributed by atoms with E-state index in [-0.39, 0.29) is 24.0 Å². The quantitative estimate of drug-likeness (QED) is 0.267. The van der Waals surface area contributed by atoms with Gasteiger partial charge in [-0.15, -0.1) is 58.0 Å². The minimum Gasteiger partial charge on any atom is -0.356 e. The number of aromatic nitrogens is 2. The topological polar surface area (TPSA) is 62.2 Å². The van der Waals surface area contributed by atoms with Crippen molar-refractivity contribution in [2.24, 2.45) is 4.99 Å². The van der Waals surface area contributed by atoms with E-state index in [1.54, 1.807) is 29.7 Å². The summed E-state index contributed by atoms with van der Waals surface area (Å²) in [6.07, 6.45) is 3.82. The van der Waals surface area contributed by atoms with Gasteiger partial charge in [-0.2, -0.15) is 0 Å². The van der Waals surface area contributed by atoms with Gasteiger partial charge in [-0.25, -0.2) is 9.97 Å². The minimum absolute atomic E-state index is 0. The lowest BCUT2D eigenvalue weighted by atomic mass is 10.3.